The maximum Gasteiger partial charge on any atom is 0.187 e. The van der Waals surface area contributed by atoms with E-state index in [9.17, 15) is 13.5 Å². The van der Waals surface area contributed by atoms with E-state index in [1.165, 1.54) is 0 Å². The predicted molar refractivity (Wildman–Crippen MR) is 105 cm³/mol. The van der Waals surface area contributed by atoms with Crippen LogP contribution in [0.3, 0.4) is 0 Å². The van der Waals surface area contributed by atoms with Crippen LogP contribution in [0, 0.1) is 5.92 Å². The lowest BCUT2D eigenvalue weighted by Crippen LogP contribution is -2.46. The second kappa shape index (κ2) is 7.01. The third-order valence-electron chi connectivity index (χ3n) is 5.83. The number of aryl methyl sites for hydroxylation is 1. The van der Waals surface area contributed by atoms with Crippen LogP contribution in [-0.4, -0.2) is 23.9 Å². The summed E-state index contributed by atoms with van der Waals surface area (Å²) >= 11 is 0. The molecule has 0 bridgehead atoms. The zero-order valence-corrected chi connectivity index (χ0v) is 16.0. The van der Waals surface area contributed by atoms with Crippen LogP contribution in [0.2, 0.25) is 0 Å². The van der Waals surface area contributed by atoms with Gasteiger partial charge in [0.05, 0.1) is 10.5 Å². The fourth-order valence-electron chi connectivity index (χ4n) is 4.33. The van der Waals surface area contributed by atoms with E-state index in [1.54, 1.807) is 43.3 Å². The molecule has 2 aromatic rings. The Labute approximate surface area is 156 Å². The van der Waals surface area contributed by atoms with Gasteiger partial charge in [-0.2, -0.15) is 0 Å². The summed E-state index contributed by atoms with van der Waals surface area (Å²) < 4.78 is 25.9. The minimum atomic E-state index is -3.65. The zero-order chi connectivity index (χ0) is 18.8. The Kier molecular flexibility index (Phi) is 5.09. The van der Waals surface area contributed by atoms with Crippen molar-refractivity contribution in [1.82, 2.24) is 0 Å². The fourth-order valence-corrected chi connectivity index (χ4v) is 6.62. The van der Waals surface area contributed by atoms with E-state index in [0.717, 1.165) is 12.0 Å². The first-order valence-corrected chi connectivity index (χ1v) is 10.5. The second-order valence-electron chi connectivity index (χ2n) is 7.41. The standard InChI is InChI=1S/C22H26O3S/c1-3-22(26(24,25)19-12-8-5-9-13-19)17-16-21(2,23)20(22)15-14-18-10-6-4-7-11-18/h3-13,20,23H,1,14-17H2,2H3/t20-,21-,22-/m0/s1. The van der Waals surface area contributed by atoms with Crippen molar-refractivity contribution in [2.24, 2.45) is 5.92 Å². The molecule has 3 atom stereocenters. The largest absolute Gasteiger partial charge is 0.390 e. The molecule has 1 saturated carbocycles. The average Bonchev–Trinajstić information content (AvgIpc) is 2.93. The molecular formula is C22H26O3S. The van der Waals surface area contributed by atoms with Gasteiger partial charge in [-0.1, -0.05) is 54.6 Å². The topological polar surface area (TPSA) is 54.4 Å². The van der Waals surface area contributed by atoms with Crippen LogP contribution in [0.25, 0.3) is 0 Å². The Morgan fingerprint density at radius 2 is 1.65 bits per heavy atom. The highest BCUT2D eigenvalue weighted by Crippen LogP contribution is 2.52. The molecule has 0 saturated heterocycles. The van der Waals surface area contributed by atoms with Crippen molar-refractivity contribution in [3.05, 3.63) is 78.9 Å². The molecule has 4 heteroatoms. The van der Waals surface area contributed by atoms with Gasteiger partial charge in [0, 0.05) is 5.92 Å². The molecule has 3 rings (SSSR count). The number of sulfone groups is 1. The molecule has 1 fully saturated rings. The van der Waals surface area contributed by atoms with E-state index in [2.05, 4.69) is 6.58 Å². The van der Waals surface area contributed by atoms with E-state index >= 15 is 0 Å². The highest BCUT2D eigenvalue weighted by atomic mass is 32.2. The Morgan fingerprint density at radius 3 is 2.23 bits per heavy atom. The van der Waals surface area contributed by atoms with Gasteiger partial charge in [0.2, 0.25) is 0 Å². The number of hydrogen-bond donors (Lipinski definition) is 1. The van der Waals surface area contributed by atoms with E-state index in [4.69, 9.17) is 0 Å². The van der Waals surface area contributed by atoms with E-state index < -0.39 is 26.1 Å². The quantitative estimate of drug-likeness (QED) is 0.776. The lowest BCUT2D eigenvalue weighted by molar-refractivity contribution is 0.0140. The van der Waals surface area contributed by atoms with Gasteiger partial charge in [-0.05, 0) is 50.3 Å². The van der Waals surface area contributed by atoms with Gasteiger partial charge in [-0.3, -0.25) is 0 Å². The summed E-state index contributed by atoms with van der Waals surface area (Å²) in [4.78, 5) is 0.294. The second-order valence-corrected chi connectivity index (χ2v) is 9.65. The lowest BCUT2D eigenvalue weighted by Gasteiger charge is -2.37. The third-order valence-corrected chi connectivity index (χ3v) is 8.38. The first-order valence-electron chi connectivity index (χ1n) is 9.03. The highest BCUT2D eigenvalue weighted by molar-refractivity contribution is 7.93. The summed E-state index contributed by atoms with van der Waals surface area (Å²) in [5.74, 6) is -0.405. The van der Waals surface area contributed by atoms with E-state index in [-0.39, 0.29) is 0 Å². The zero-order valence-electron chi connectivity index (χ0n) is 15.1. The van der Waals surface area contributed by atoms with Gasteiger partial charge in [0.15, 0.2) is 9.84 Å². The first kappa shape index (κ1) is 18.9. The monoisotopic (exact) mass is 370 g/mol. The maximum atomic E-state index is 13.5. The molecule has 0 unspecified atom stereocenters. The molecule has 1 aliphatic carbocycles. The van der Waals surface area contributed by atoms with Crippen LogP contribution in [0.1, 0.15) is 31.7 Å². The molecule has 26 heavy (non-hydrogen) atoms. The normalized spacial score (nSPS) is 28.8. The van der Waals surface area contributed by atoms with Crippen LogP contribution in [0.5, 0.6) is 0 Å². The van der Waals surface area contributed by atoms with Crippen LogP contribution in [0.4, 0.5) is 0 Å². The van der Waals surface area contributed by atoms with Crippen LogP contribution in [0.15, 0.2) is 78.2 Å². The number of aliphatic hydroxyl groups is 1. The average molecular weight is 371 g/mol. The molecule has 0 heterocycles. The molecule has 2 aromatic carbocycles. The van der Waals surface area contributed by atoms with Gasteiger partial charge in [-0.15, -0.1) is 6.58 Å². The van der Waals surface area contributed by atoms with Crippen molar-refractivity contribution in [3.8, 4) is 0 Å². The lowest BCUT2D eigenvalue weighted by atomic mass is 9.82. The molecule has 0 aliphatic heterocycles. The summed E-state index contributed by atoms with van der Waals surface area (Å²) in [5, 5.41) is 11.0. The Bertz CT molecular complexity index is 857. The minimum Gasteiger partial charge on any atom is -0.390 e. The summed E-state index contributed by atoms with van der Waals surface area (Å²) in [6.45, 7) is 5.65. The molecule has 1 N–H and O–H groups in total. The van der Waals surface area contributed by atoms with Crippen LogP contribution < -0.4 is 0 Å². The molecular weight excluding hydrogens is 344 g/mol. The molecule has 138 valence electrons. The van der Waals surface area contributed by atoms with Crippen LogP contribution in [-0.2, 0) is 16.3 Å². The molecule has 0 radical (unpaired) electrons. The third kappa shape index (κ3) is 3.12. The Hall–Kier alpha value is -1.91. The summed E-state index contributed by atoms with van der Waals surface area (Å²) in [5.41, 5.74) is 0.107. The number of rotatable bonds is 6. The molecule has 0 spiro atoms. The SMILES string of the molecule is C=C[C@]1(S(=O)(=O)c2ccccc2)CC[C@](C)(O)[C@@H]1CCc1ccccc1. The van der Waals surface area contributed by atoms with Crippen molar-refractivity contribution in [2.45, 2.75) is 47.9 Å². The van der Waals surface area contributed by atoms with Crippen LogP contribution >= 0.6 is 0 Å². The highest BCUT2D eigenvalue weighted by Gasteiger charge is 2.59. The minimum absolute atomic E-state index is 0.294. The molecule has 3 nitrogen and oxygen atoms in total. The predicted octanol–water partition coefficient (Wildman–Crippen LogP) is 4.18. The smallest absolute Gasteiger partial charge is 0.187 e. The number of hydrogen-bond acceptors (Lipinski definition) is 3. The van der Waals surface area contributed by atoms with Gasteiger partial charge < -0.3 is 5.11 Å². The van der Waals surface area contributed by atoms with E-state index in [1.807, 2.05) is 30.3 Å². The Morgan fingerprint density at radius 1 is 1.08 bits per heavy atom. The summed E-state index contributed by atoms with van der Waals surface area (Å²) in [6, 6.07) is 18.5. The van der Waals surface area contributed by atoms with Crippen molar-refractivity contribution in [3.63, 3.8) is 0 Å². The maximum absolute atomic E-state index is 13.5. The molecule has 0 aromatic heterocycles. The summed E-state index contributed by atoms with van der Waals surface area (Å²) in [6.07, 6.45) is 3.72. The van der Waals surface area contributed by atoms with E-state index in [0.29, 0.717) is 24.2 Å². The van der Waals surface area contributed by atoms with Gasteiger partial charge in [0.1, 0.15) is 4.75 Å². The van der Waals surface area contributed by atoms with Gasteiger partial charge in [0.25, 0.3) is 0 Å². The van der Waals surface area contributed by atoms with Crippen molar-refractivity contribution >= 4 is 9.84 Å². The number of benzene rings is 2. The fraction of sp³-hybridized carbons (Fsp3) is 0.364. The first-order chi connectivity index (χ1) is 12.3. The van der Waals surface area contributed by atoms with Crippen molar-refractivity contribution in [1.29, 1.82) is 0 Å². The Balaban J connectivity index is 2.00. The van der Waals surface area contributed by atoms with Crippen molar-refractivity contribution in [2.75, 3.05) is 0 Å². The van der Waals surface area contributed by atoms with Crippen molar-refractivity contribution < 1.29 is 13.5 Å². The molecule has 1 aliphatic rings. The summed E-state index contributed by atoms with van der Waals surface area (Å²) in [7, 11) is -3.65. The van der Waals surface area contributed by atoms with Gasteiger partial charge >= 0.3 is 0 Å². The van der Waals surface area contributed by atoms with Gasteiger partial charge in [-0.25, -0.2) is 8.42 Å². The molecule has 0 amide bonds.